The van der Waals surface area contributed by atoms with Gasteiger partial charge in [0.25, 0.3) is 5.91 Å². The number of ether oxygens (including phenoxy) is 1. The number of pyridine rings is 1. The van der Waals surface area contributed by atoms with Crippen molar-refractivity contribution in [2.75, 3.05) is 43.5 Å². The molecule has 0 spiro atoms. The average molecular weight is 394 g/mol. The number of piperazine rings is 1. The molecule has 4 rings (SSSR count). The molecule has 3 aromatic heterocycles. The van der Waals surface area contributed by atoms with Gasteiger partial charge in [-0.15, -0.1) is 15.3 Å². The maximum Gasteiger partial charge on any atom is 0.261 e. The summed E-state index contributed by atoms with van der Waals surface area (Å²) in [5.41, 5.74) is 1.38. The second kappa shape index (κ2) is 8.13. The predicted molar refractivity (Wildman–Crippen MR) is 107 cm³/mol. The van der Waals surface area contributed by atoms with Crippen LogP contribution < -0.4 is 15.0 Å². The summed E-state index contributed by atoms with van der Waals surface area (Å²) in [4.78, 5) is 20.7. The van der Waals surface area contributed by atoms with Crippen LogP contribution in [0, 0.1) is 0 Å². The summed E-state index contributed by atoms with van der Waals surface area (Å²) in [6, 6.07) is 7.55. The van der Waals surface area contributed by atoms with Crippen LogP contribution in [-0.2, 0) is 7.05 Å². The van der Waals surface area contributed by atoms with Gasteiger partial charge in [-0.2, -0.15) is 0 Å². The standard InChI is InChI=1S/C19H22N8O2/c1-25-13-15(18(24-25)29-2)19(28)27-11-9-26(10-12-27)17-4-3-16(22-23-17)21-14-5-7-20-8-6-14/h3-8,13H,9-12H2,1-2H3,(H,20,21,22). The first kappa shape index (κ1) is 18.7. The maximum atomic E-state index is 12.8. The molecular weight excluding hydrogens is 372 g/mol. The van der Waals surface area contributed by atoms with Crippen LogP contribution >= 0.6 is 0 Å². The van der Waals surface area contributed by atoms with Crippen molar-refractivity contribution in [1.29, 1.82) is 0 Å². The van der Waals surface area contributed by atoms with Gasteiger partial charge in [0, 0.05) is 57.5 Å². The fraction of sp³-hybridized carbons (Fsp3) is 0.316. The molecule has 3 aromatic rings. The van der Waals surface area contributed by atoms with Crippen LogP contribution in [0.1, 0.15) is 10.4 Å². The molecule has 10 nitrogen and oxygen atoms in total. The zero-order valence-corrected chi connectivity index (χ0v) is 16.3. The first-order valence-corrected chi connectivity index (χ1v) is 9.26. The molecule has 150 valence electrons. The zero-order chi connectivity index (χ0) is 20.2. The Balaban J connectivity index is 1.36. The summed E-state index contributed by atoms with van der Waals surface area (Å²) >= 11 is 0. The number of hydrogen-bond donors (Lipinski definition) is 1. The van der Waals surface area contributed by atoms with E-state index in [4.69, 9.17) is 4.74 Å². The molecule has 1 fully saturated rings. The van der Waals surface area contributed by atoms with Crippen LogP contribution in [0.2, 0.25) is 0 Å². The molecule has 10 heteroatoms. The second-order valence-electron chi connectivity index (χ2n) is 6.64. The van der Waals surface area contributed by atoms with Gasteiger partial charge in [0.2, 0.25) is 5.88 Å². The van der Waals surface area contributed by atoms with Gasteiger partial charge >= 0.3 is 0 Å². The van der Waals surface area contributed by atoms with E-state index in [0.717, 1.165) is 11.5 Å². The van der Waals surface area contributed by atoms with E-state index in [9.17, 15) is 4.79 Å². The van der Waals surface area contributed by atoms with Crippen LogP contribution in [0.3, 0.4) is 0 Å². The van der Waals surface area contributed by atoms with Gasteiger partial charge in [0.15, 0.2) is 11.6 Å². The van der Waals surface area contributed by atoms with Gasteiger partial charge in [0.05, 0.1) is 7.11 Å². The maximum absolute atomic E-state index is 12.8. The molecule has 0 radical (unpaired) electrons. The highest BCUT2D eigenvalue weighted by molar-refractivity contribution is 5.96. The number of nitrogens with zero attached hydrogens (tertiary/aromatic N) is 7. The molecule has 0 aliphatic carbocycles. The number of carbonyl (C=O) groups excluding carboxylic acids is 1. The molecule has 0 saturated carbocycles. The van der Waals surface area contributed by atoms with Gasteiger partial charge in [-0.25, -0.2) is 0 Å². The molecular formula is C19H22N8O2. The van der Waals surface area contributed by atoms with Crippen molar-refractivity contribution in [2.24, 2.45) is 7.05 Å². The van der Waals surface area contributed by atoms with Crippen LogP contribution in [0.4, 0.5) is 17.3 Å². The van der Waals surface area contributed by atoms with E-state index in [2.05, 4.69) is 30.5 Å². The highest BCUT2D eigenvalue weighted by Crippen LogP contribution is 2.20. The van der Waals surface area contributed by atoms with E-state index in [-0.39, 0.29) is 5.91 Å². The third kappa shape index (κ3) is 4.10. The van der Waals surface area contributed by atoms with E-state index in [1.807, 2.05) is 29.2 Å². The Labute approximate surface area is 168 Å². The number of aryl methyl sites for hydroxylation is 1. The molecule has 0 unspecified atom stereocenters. The normalized spacial score (nSPS) is 14.0. The van der Waals surface area contributed by atoms with Crippen LogP contribution in [0.5, 0.6) is 5.88 Å². The Hall–Kier alpha value is -3.69. The number of hydrogen-bond acceptors (Lipinski definition) is 8. The fourth-order valence-electron chi connectivity index (χ4n) is 3.22. The number of nitrogens with one attached hydrogen (secondary N) is 1. The van der Waals surface area contributed by atoms with E-state index < -0.39 is 0 Å². The molecule has 0 bridgehead atoms. The summed E-state index contributed by atoms with van der Waals surface area (Å²) in [7, 11) is 3.28. The largest absolute Gasteiger partial charge is 0.479 e. The predicted octanol–water partition coefficient (Wildman–Crippen LogP) is 1.32. The summed E-state index contributed by atoms with van der Waals surface area (Å²) < 4.78 is 6.79. The molecule has 1 amide bonds. The van der Waals surface area contributed by atoms with Crippen molar-refractivity contribution >= 4 is 23.2 Å². The lowest BCUT2D eigenvalue weighted by Gasteiger charge is -2.35. The summed E-state index contributed by atoms with van der Waals surface area (Å²) in [6.45, 7) is 2.55. The zero-order valence-electron chi connectivity index (χ0n) is 16.3. The van der Waals surface area contributed by atoms with Crippen molar-refractivity contribution in [3.05, 3.63) is 48.4 Å². The minimum Gasteiger partial charge on any atom is -0.479 e. The lowest BCUT2D eigenvalue weighted by Crippen LogP contribution is -2.49. The number of rotatable bonds is 5. The Morgan fingerprint density at radius 2 is 1.83 bits per heavy atom. The third-order valence-corrected chi connectivity index (χ3v) is 4.71. The van der Waals surface area contributed by atoms with Crippen molar-refractivity contribution < 1.29 is 9.53 Å². The summed E-state index contributed by atoms with van der Waals surface area (Å²) in [6.07, 6.45) is 5.12. The van der Waals surface area contributed by atoms with E-state index in [1.54, 1.807) is 30.3 Å². The topological polar surface area (TPSA) is 101 Å². The van der Waals surface area contributed by atoms with Gasteiger partial charge in [-0.1, -0.05) is 0 Å². The number of aromatic nitrogens is 5. The molecule has 1 aliphatic heterocycles. The van der Waals surface area contributed by atoms with Crippen LogP contribution in [-0.4, -0.2) is 69.1 Å². The van der Waals surface area contributed by atoms with Gasteiger partial charge < -0.3 is 19.9 Å². The van der Waals surface area contributed by atoms with Gasteiger partial charge in [-0.3, -0.25) is 14.5 Å². The first-order valence-electron chi connectivity index (χ1n) is 9.26. The molecule has 1 N–H and O–H groups in total. The van der Waals surface area contributed by atoms with E-state index in [0.29, 0.717) is 43.4 Å². The van der Waals surface area contributed by atoms with Crippen molar-refractivity contribution in [2.45, 2.75) is 0 Å². The van der Waals surface area contributed by atoms with Crippen LogP contribution in [0.15, 0.2) is 42.9 Å². The highest BCUT2D eigenvalue weighted by atomic mass is 16.5. The van der Waals surface area contributed by atoms with Crippen molar-refractivity contribution in [1.82, 2.24) is 29.9 Å². The quantitative estimate of drug-likeness (QED) is 0.691. The average Bonchev–Trinajstić information content (AvgIpc) is 3.15. The molecule has 0 aromatic carbocycles. The van der Waals surface area contributed by atoms with Crippen molar-refractivity contribution in [3.63, 3.8) is 0 Å². The van der Waals surface area contributed by atoms with Gasteiger partial charge in [-0.05, 0) is 24.3 Å². The lowest BCUT2D eigenvalue weighted by atomic mass is 10.2. The fourth-order valence-corrected chi connectivity index (χ4v) is 3.22. The second-order valence-corrected chi connectivity index (χ2v) is 6.64. The monoisotopic (exact) mass is 394 g/mol. The smallest absolute Gasteiger partial charge is 0.261 e. The Bertz CT molecular complexity index is 966. The van der Waals surface area contributed by atoms with Crippen molar-refractivity contribution in [3.8, 4) is 5.88 Å². The number of methoxy groups -OCH3 is 1. The SMILES string of the molecule is COc1nn(C)cc1C(=O)N1CCN(c2ccc(Nc3ccncc3)nn2)CC1. The van der Waals surface area contributed by atoms with Crippen LogP contribution in [0.25, 0.3) is 0 Å². The Morgan fingerprint density at radius 3 is 2.48 bits per heavy atom. The number of amides is 1. The highest BCUT2D eigenvalue weighted by Gasteiger charge is 2.26. The molecule has 1 saturated heterocycles. The summed E-state index contributed by atoms with van der Waals surface area (Å²) in [5.74, 6) is 1.73. The minimum absolute atomic E-state index is 0.0717. The van der Waals surface area contributed by atoms with E-state index >= 15 is 0 Å². The molecule has 0 atom stereocenters. The minimum atomic E-state index is -0.0717. The number of anilines is 3. The molecule has 4 heterocycles. The Morgan fingerprint density at radius 1 is 1.07 bits per heavy atom. The third-order valence-electron chi connectivity index (χ3n) is 4.71. The lowest BCUT2D eigenvalue weighted by molar-refractivity contribution is 0.0743. The first-order chi connectivity index (χ1) is 14.1. The Kier molecular flexibility index (Phi) is 5.23. The number of carbonyl (C=O) groups is 1. The molecule has 29 heavy (non-hydrogen) atoms. The van der Waals surface area contributed by atoms with E-state index in [1.165, 1.54) is 7.11 Å². The molecule has 1 aliphatic rings. The summed E-state index contributed by atoms with van der Waals surface area (Å²) in [5, 5.41) is 15.9. The van der Waals surface area contributed by atoms with Gasteiger partial charge in [0.1, 0.15) is 5.56 Å².